The second-order valence-corrected chi connectivity index (χ2v) is 5.91. The summed E-state index contributed by atoms with van der Waals surface area (Å²) in [5, 5.41) is 35.1. The molecule has 0 aliphatic heterocycles. The summed E-state index contributed by atoms with van der Waals surface area (Å²) in [6, 6.07) is -0.295. The van der Waals surface area contributed by atoms with Crippen molar-refractivity contribution in [2.45, 2.75) is 50.8 Å². The maximum Gasteiger partial charge on any atom is 0.373 e. The van der Waals surface area contributed by atoms with Crippen molar-refractivity contribution >= 4 is 12.7 Å². The Labute approximate surface area is 160 Å². The number of esters is 1. The van der Waals surface area contributed by atoms with Crippen LogP contribution in [0.25, 0.3) is 0 Å². The Kier molecular flexibility index (Phi) is 13.7. The highest BCUT2D eigenvalue weighted by Gasteiger charge is 2.30. The van der Waals surface area contributed by atoms with E-state index in [0.717, 1.165) is 0 Å². The van der Waals surface area contributed by atoms with Gasteiger partial charge in [-0.3, -0.25) is 15.6 Å². The van der Waals surface area contributed by atoms with Gasteiger partial charge < -0.3 is 29.5 Å². The largest absolute Gasteiger partial charge is 0.480 e. The van der Waals surface area contributed by atoms with Crippen molar-refractivity contribution in [1.29, 1.82) is 0 Å². The van der Waals surface area contributed by atoms with Crippen molar-refractivity contribution in [3.63, 3.8) is 0 Å². The molecule has 0 rings (SSSR count). The molecule has 27 heavy (non-hydrogen) atoms. The Morgan fingerprint density at radius 3 is 2.44 bits per heavy atom. The summed E-state index contributed by atoms with van der Waals surface area (Å²) in [5.74, 6) is -0.861. The van der Waals surface area contributed by atoms with E-state index in [1.807, 2.05) is 0 Å². The van der Waals surface area contributed by atoms with Gasteiger partial charge in [-0.2, -0.15) is 0 Å². The molecule has 1 unspecified atom stereocenters. The van der Waals surface area contributed by atoms with E-state index in [4.69, 9.17) is 19.3 Å². The van der Waals surface area contributed by atoms with Crippen LogP contribution < -0.4 is 10.6 Å². The first-order valence-electron chi connectivity index (χ1n) is 8.66. The molecule has 0 bridgehead atoms. The number of carbonyl (C=O) groups excluding carboxylic acids is 1. The molecule has 0 spiro atoms. The number of aliphatic imine (C=N–C) groups is 1. The molecule has 158 valence electrons. The summed E-state index contributed by atoms with van der Waals surface area (Å²) in [6.07, 6.45) is -2.32. The van der Waals surface area contributed by atoms with Crippen LogP contribution in [0.15, 0.2) is 16.8 Å². The van der Waals surface area contributed by atoms with E-state index < -0.39 is 30.9 Å². The molecular formula is C17H33N3O7. The topological polar surface area (TPSA) is 142 Å². The third-order valence-corrected chi connectivity index (χ3v) is 3.77. The molecular weight excluding hydrogens is 358 g/mol. The number of methoxy groups -OCH3 is 2. The van der Waals surface area contributed by atoms with Gasteiger partial charge in [0.15, 0.2) is 0 Å². The minimum atomic E-state index is -1.42. The molecule has 0 saturated heterocycles. The summed E-state index contributed by atoms with van der Waals surface area (Å²) in [7, 11) is 2.75. The lowest BCUT2D eigenvalue weighted by molar-refractivity contribution is -0.145. The second-order valence-electron chi connectivity index (χ2n) is 5.91. The predicted octanol–water partition coefficient (Wildman–Crippen LogP) is -1.25. The molecule has 10 heteroatoms. The summed E-state index contributed by atoms with van der Waals surface area (Å²) in [6.45, 7) is 6.93. The smallest absolute Gasteiger partial charge is 0.373 e. The van der Waals surface area contributed by atoms with Gasteiger partial charge in [-0.1, -0.05) is 0 Å². The first-order valence-corrected chi connectivity index (χ1v) is 8.66. The van der Waals surface area contributed by atoms with Crippen molar-refractivity contribution in [3.8, 4) is 0 Å². The lowest BCUT2D eigenvalue weighted by Gasteiger charge is -2.28. The highest BCUT2D eigenvalue weighted by molar-refractivity contribution is 5.86. The van der Waals surface area contributed by atoms with Gasteiger partial charge in [0.25, 0.3) is 0 Å². The van der Waals surface area contributed by atoms with Gasteiger partial charge in [-0.25, -0.2) is 4.79 Å². The van der Waals surface area contributed by atoms with Crippen LogP contribution in [0.4, 0.5) is 0 Å². The monoisotopic (exact) mass is 391 g/mol. The predicted molar refractivity (Wildman–Crippen MR) is 100 cm³/mol. The molecule has 5 N–H and O–H groups in total. The molecule has 0 radical (unpaired) electrons. The van der Waals surface area contributed by atoms with E-state index in [1.54, 1.807) is 21.0 Å². The molecule has 0 heterocycles. The minimum Gasteiger partial charge on any atom is -0.480 e. The maximum absolute atomic E-state index is 12.0. The zero-order valence-electron chi connectivity index (χ0n) is 16.4. The Bertz CT molecular complexity index is 462. The third kappa shape index (κ3) is 10.4. The van der Waals surface area contributed by atoms with E-state index in [1.165, 1.54) is 13.2 Å². The van der Waals surface area contributed by atoms with Crippen LogP contribution in [0.3, 0.4) is 0 Å². The maximum atomic E-state index is 12.0. The number of hydrogen-bond donors (Lipinski definition) is 5. The van der Waals surface area contributed by atoms with Crippen molar-refractivity contribution in [2.24, 2.45) is 4.99 Å². The lowest BCUT2D eigenvalue weighted by Crippen LogP contribution is -2.43. The molecule has 0 aromatic rings. The fourth-order valence-corrected chi connectivity index (χ4v) is 2.08. The van der Waals surface area contributed by atoms with Crippen molar-refractivity contribution in [1.82, 2.24) is 10.6 Å². The molecule has 5 atom stereocenters. The van der Waals surface area contributed by atoms with Crippen LogP contribution in [0.2, 0.25) is 0 Å². The van der Waals surface area contributed by atoms with Gasteiger partial charge in [0.1, 0.15) is 24.5 Å². The fraction of sp³-hybridized carbons (Fsp3) is 0.765. The van der Waals surface area contributed by atoms with Gasteiger partial charge in [0.2, 0.25) is 5.76 Å². The van der Waals surface area contributed by atoms with Crippen LogP contribution in [0, 0.1) is 0 Å². The van der Waals surface area contributed by atoms with Gasteiger partial charge in [-0.15, -0.1) is 0 Å². The fourth-order valence-electron chi connectivity index (χ4n) is 2.08. The van der Waals surface area contributed by atoms with Crippen LogP contribution in [-0.2, 0) is 19.0 Å². The van der Waals surface area contributed by atoms with E-state index in [0.29, 0.717) is 6.54 Å². The highest BCUT2D eigenvalue weighted by Crippen LogP contribution is 2.15. The first kappa shape index (κ1) is 25.4. The van der Waals surface area contributed by atoms with Gasteiger partial charge in [0.05, 0.1) is 20.4 Å². The van der Waals surface area contributed by atoms with Crippen molar-refractivity contribution in [2.75, 3.05) is 34.0 Å². The SMILES string of the molecule is C=NCN[C@H](C)/C=C(\O[C@H](CCNC(C)OC)[C@H](O)[C@H](O)CO)C(=O)OC. The first-order chi connectivity index (χ1) is 12.8. The molecule has 0 amide bonds. The molecule has 0 saturated carbocycles. The summed E-state index contributed by atoms with van der Waals surface area (Å²) in [5.41, 5.74) is 0. The Hall–Kier alpha value is -1.56. The molecule has 0 aliphatic carbocycles. The van der Waals surface area contributed by atoms with Crippen LogP contribution in [0.1, 0.15) is 20.3 Å². The molecule has 0 aromatic carbocycles. The number of rotatable bonds is 15. The zero-order chi connectivity index (χ0) is 20.8. The molecule has 0 aliphatic rings. The number of aliphatic hydroxyl groups is 3. The Morgan fingerprint density at radius 2 is 1.93 bits per heavy atom. The number of hydrogen-bond acceptors (Lipinski definition) is 10. The minimum absolute atomic E-state index is 0.129. The quantitative estimate of drug-likeness (QED) is 0.0761. The van der Waals surface area contributed by atoms with Crippen molar-refractivity contribution < 1.29 is 34.3 Å². The molecule has 10 nitrogen and oxygen atoms in total. The summed E-state index contributed by atoms with van der Waals surface area (Å²) >= 11 is 0. The normalized spacial score (nSPS) is 17.5. The zero-order valence-corrected chi connectivity index (χ0v) is 16.4. The van der Waals surface area contributed by atoms with Gasteiger partial charge in [-0.05, 0) is 33.1 Å². The second kappa shape index (κ2) is 14.5. The van der Waals surface area contributed by atoms with E-state index in [2.05, 4.69) is 22.3 Å². The Morgan fingerprint density at radius 1 is 1.26 bits per heavy atom. The average Bonchev–Trinajstić information content (AvgIpc) is 2.68. The standard InChI is InChI=1S/C17H33N3O7/c1-11(20-10-18-3)8-15(17(24)26-5)27-14(16(23)13(22)9-21)6-7-19-12(2)25-4/h8,11-14,16,19-23H,3,6-7,9-10H2,1-2,4-5H3/b15-8-/t11-,12?,13-,14-,16-/m1/s1. The number of ether oxygens (including phenoxy) is 3. The van der Waals surface area contributed by atoms with E-state index in [-0.39, 0.29) is 31.1 Å². The number of nitrogens with zero attached hydrogens (tertiary/aromatic N) is 1. The summed E-state index contributed by atoms with van der Waals surface area (Å²) in [4.78, 5) is 15.7. The van der Waals surface area contributed by atoms with Crippen LogP contribution >= 0.6 is 0 Å². The Balaban J connectivity index is 5.28. The van der Waals surface area contributed by atoms with E-state index >= 15 is 0 Å². The van der Waals surface area contributed by atoms with Crippen LogP contribution in [0.5, 0.6) is 0 Å². The van der Waals surface area contributed by atoms with Gasteiger partial charge >= 0.3 is 5.97 Å². The molecule has 0 fully saturated rings. The third-order valence-electron chi connectivity index (χ3n) is 3.77. The number of carbonyl (C=O) groups is 1. The molecule has 0 aromatic heterocycles. The number of nitrogens with one attached hydrogen (secondary N) is 2. The lowest BCUT2D eigenvalue weighted by atomic mass is 10.1. The van der Waals surface area contributed by atoms with Crippen LogP contribution in [-0.4, -0.2) is 92.6 Å². The number of aliphatic hydroxyl groups excluding tert-OH is 3. The van der Waals surface area contributed by atoms with E-state index in [9.17, 15) is 15.0 Å². The highest BCUT2D eigenvalue weighted by atomic mass is 16.6. The van der Waals surface area contributed by atoms with Gasteiger partial charge in [0, 0.05) is 19.7 Å². The average molecular weight is 391 g/mol. The van der Waals surface area contributed by atoms with Crippen molar-refractivity contribution in [3.05, 3.63) is 11.8 Å². The summed E-state index contributed by atoms with van der Waals surface area (Å²) < 4.78 is 15.4.